The van der Waals surface area contributed by atoms with Crippen molar-refractivity contribution in [2.75, 3.05) is 6.54 Å². The van der Waals surface area contributed by atoms with E-state index in [2.05, 4.69) is 26.4 Å². The first-order valence-electron chi connectivity index (χ1n) is 5.92. The fourth-order valence-electron chi connectivity index (χ4n) is 1.50. The third-order valence-electron chi connectivity index (χ3n) is 2.43. The molecule has 0 saturated carbocycles. The molecule has 0 atom stereocenters. The van der Waals surface area contributed by atoms with Crippen molar-refractivity contribution >= 4 is 15.9 Å². The maximum Gasteiger partial charge on any atom is 0.174 e. The number of halogens is 2. The highest BCUT2D eigenvalue weighted by Gasteiger charge is 2.07. The summed E-state index contributed by atoms with van der Waals surface area (Å²) in [5.74, 6) is 0.877. The van der Waals surface area contributed by atoms with Gasteiger partial charge in [0.25, 0.3) is 0 Å². The van der Waals surface area contributed by atoms with E-state index in [-0.39, 0.29) is 12.4 Å². The van der Waals surface area contributed by atoms with E-state index < -0.39 is 0 Å². The first-order valence-corrected chi connectivity index (χ1v) is 6.71. The van der Waals surface area contributed by atoms with Gasteiger partial charge in [0.2, 0.25) is 0 Å². The first kappa shape index (κ1) is 14.0. The van der Waals surface area contributed by atoms with Gasteiger partial charge in [0.1, 0.15) is 18.2 Å². The van der Waals surface area contributed by atoms with E-state index >= 15 is 0 Å². The molecule has 0 amide bonds. The Labute approximate surface area is 119 Å². The molecule has 1 N–H and O–H groups in total. The summed E-state index contributed by atoms with van der Waals surface area (Å²) < 4.78 is 24.2. The van der Waals surface area contributed by atoms with Gasteiger partial charge >= 0.3 is 0 Å². The molecule has 2 rings (SSSR count). The molecule has 19 heavy (non-hydrogen) atoms. The van der Waals surface area contributed by atoms with E-state index in [0.29, 0.717) is 22.5 Å². The van der Waals surface area contributed by atoms with Gasteiger partial charge in [-0.1, -0.05) is 12.1 Å². The minimum Gasteiger partial charge on any atom is -0.484 e. The molecule has 0 fully saturated rings. The number of ether oxygens (including phenoxy) is 1. The molecule has 0 aliphatic heterocycles. The van der Waals surface area contributed by atoms with E-state index in [0.717, 1.165) is 12.2 Å². The van der Waals surface area contributed by atoms with Crippen LogP contribution in [0.25, 0.3) is 0 Å². The lowest BCUT2D eigenvalue weighted by molar-refractivity contribution is 0.247. The number of aromatic nitrogens is 1. The molecule has 1 heterocycles. The van der Waals surface area contributed by atoms with E-state index in [4.69, 9.17) is 9.26 Å². The second-order valence-electron chi connectivity index (χ2n) is 3.93. The Bertz CT molecular complexity index is 545. The Morgan fingerprint density at radius 3 is 3.00 bits per heavy atom. The highest BCUT2D eigenvalue weighted by Crippen LogP contribution is 2.26. The van der Waals surface area contributed by atoms with Gasteiger partial charge < -0.3 is 14.6 Å². The Balaban J connectivity index is 1.92. The van der Waals surface area contributed by atoms with Crippen LogP contribution in [0.4, 0.5) is 4.39 Å². The zero-order valence-corrected chi connectivity index (χ0v) is 12.0. The summed E-state index contributed by atoms with van der Waals surface area (Å²) in [5, 5.41) is 7.07. The fourth-order valence-corrected chi connectivity index (χ4v) is 1.97. The number of nitrogens with zero attached hydrogens (tertiary/aromatic N) is 1. The molecule has 0 bridgehead atoms. The predicted octanol–water partition coefficient (Wildman–Crippen LogP) is 3.26. The van der Waals surface area contributed by atoms with Crippen LogP contribution in [0, 0.1) is 5.82 Å². The van der Waals surface area contributed by atoms with Gasteiger partial charge in [-0.15, -0.1) is 0 Å². The largest absolute Gasteiger partial charge is 0.484 e. The maximum absolute atomic E-state index is 12.9. The molecule has 6 heteroatoms. The Morgan fingerprint density at radius 2 is 2.26 bits per heavy atom. The number of hydrogen-bond donors (Lipinski definition) is 1. The summed E-state index contributed by atoms with van der Waals surface area (Å²) in [6.07, 6.45) is 0. The first-order chi connectivity index (χ1) is 9.19. The molecule has 4 nitrogen and oxygen atoms in total. The lowest BCUT2D eigenvalue weighted by Gasteiger charge is -2.05. The minimum absolute atomic E-state index is 0.253. The Hall–Kier alpha value is -1.40. The molecule has 102 valence electrons. The SMILES string of the molecule is CCNCc1cc(COc2ccc(F)cc2Br)on1. The second kappa shape index (κ2) is 6.68. The Kier molecular flexibility index (Phi) is 4.93. The van der Waals surface area contributed by atoms with E-state index in [1.54, 1.807) is 6.07 Å². The number of nitrogens with one attached hydrogen (secondary N) is 1. The summed E-state index contributed by atoms with van der Waals surface area (Å²) in [6.45, 7) is 3.82. The van der Waals surface area contributed by atoms with Gasteiger partial charge in [-0.25, -0.2) is 4.39 Å². The average molecular weight is 329 g/mol. The molecule has 1 aromatic carbocycles. The third kappa shape index (κ3) is 4.04. The van der Waals surface area contributed by atoms with Gasteiger partial charge in [0.05, 0.1) is 10.2 Å². The standard InChI is InChI=1S/C13H14BrFN2O2/c1-2-16-7-10-6-11(19-17-10)8-18-13-4-3-9(15)5-12(13)14/h3-6,16H,2,7-8H2,1H3. The van der Waals surface area contributed by atoms with Crippen LogP contribution in [0.1, 0.15) is 18.4 Å². The molecule has 1 aromatic heterocycles. The van der Waals surface area contributed by atoms with Crippen LogP contribution < -0.4 is 10.1 Å². The van der Waals surface area contributed by atoms with Gasteiger partial charge in [0.15, 0.2) is 5.76 Å². The van der Waals surface area contributed by atoms with E-state index in [1.807, 2.05) is 13.0 Å². The van der Waals surface area contributed by atoms with Crippen molar-refractivity contribution in [1.82, 2.24) is 10.5 Å². The third-order valence-corrected chi connectivity index (χ3v) is 3.05. The molecule has 0 unspecified atom stereocenters. The zero-order chi connectivity index (χ0) is 13.7. The lowest BCUT2D eigenvalue weighted by Crippen LogP contribution is -2.11. The van der Waals surface area contributed by atoms with Crippen molar-refractivity contribution in [3.63, 3.8) is 0 Å². The Morgan fingerprint density at radius 1 is 1.42 bits per heavy atom. The van der Waals surface area contributed by atoms with E-state index in [9.17, 15) is 4.39 Å². The normalized spacial score (nSPS) is 10.7. The minimum atomic E-state index is -0.313. The summed E-state index contributed by atoms with van der Waals surface area (Å²) in [6, 6.07) is 6.10. The molecule has 2 aromatic rings. The lowest BCUT2D eigenvalue weighted by atomic mass is 10.3. The molecule has 0 aliphatic carbocycles. The van der Waals surface area contributed by atoms with Crippen LogP contribution in [0.3, 0.4) is 0 Å². The molecule has 0 spiro atoms. The van der Waals surface area contributed by atoms with Gasteiger partial charge in [-0.3, -0.25) is 0 Å². The van der Waals surface area contributed by atoms with Crippen LogP contribution in [-0.2, 0) is 13.2 Å². The van der Waals surface area contributed by atoms with Crippen LogP contribution in [0.5, 0.6) is 5.75 Å². The molecular formula is C13H14BrFN2O2. The van der Waals surface area contributed by atoms with E-state index in [1.165, 1.54) is 12.1 Å². The summed E-state index contributed by atoms with van der Waals surface area (Å²) in [5.41, 5.74) is 0.832. The summed E-state index contributed by atoms with van der Waals surface area (Å²) in [7, 11) is 0. The van der Waals surface area contributed by atoms with Crippen LogP contribution in [0.2, 0.25) is 0 Å². The van der Waals surface area contributed by atoms with Crippen molar-refractivity contribution in [2.45, 2.75) is 20.1 Å². The van der Waals surface area contributed by atoms with Gasteiger partial charge in [-0.05, 0) is 40.7 Å². The highest BCUT2D eigenvalue weighted by atomic mass is 79.9. The maximum atomic E-state index is 12.9. The van der Waals surface area contributed by atoms with Crippen molar-refractivity contribution in [2.24, 2.45) is 0 Å². The fraction of sp³-hybridized carbons (Fsp3) is 0.308. The zero-order valence-electron chi connectivity index (χ0n) is 10.5. The van der Waals surface area contributed by atoms with Crippen molar-refractivity contribution in [3.05, 3.63) is 46.0 Å². The molecular weight excluding hydrogens is 315 g/mol. The predicted molar refractivity (Wildman–Crippen MR) is 72.3 cm³/mol. The highest BCUT2D eigenvalue weighted by molar-refractivity contribution is 9.10. The van der Waals surface area contributed by atoms with Crippen molar-refractivity contribution in [3.8, 4) is 5.75 Å². The van der Waals surface area contributed by atoms with Gasteiger partial charge in [-0.2, -0.15) is 0 Å². The summed E-state index contributed by atoms with van der Waals surface area (Å²) >= 11 is 3.24. The van der Waals surface area contributed by atoms with Crippen LogP contribution >= 0.6 is 15.9 Å². The smallest absolute Gasteiger partial charge is 0.174 e. The molecule has 0 saturated heterocycles. The van der Waals surface area contributed by atoms with Crippen molar-refractivity contribution in [1.29, 1.82) is 0 Å². The summed E-state index contributed by atoms with van der Waals surface area (Å²) in [4.78, 5) is 0. The average Bonchev–Trinajstić information content (AvgIpc) is 2.83. The number of rotatable bonds is 6. The molecule has 0 aliphatic rings. The van der Waals surface area contributed by atoms with Crippen molar-refractivity contribution < 1.29 is 13.7 Å². The van der Waals surface area contributed by atoms with Gasteiger partial charge in [0, 0.05) is 12.6 Å². The quantitative estimate of drug-likeness (QED) is 0.884. The number of hydrogen-bond acceptors (Lipinski definition) is 4. The number of benzene rings is 1. The monoisotopic (exact) mass is 328 g/mol. The second-order valence-corrected chi connectivity index (χ2v) is 4.78. The molecule has 0 radical (unpaired) electrons. The van der Waals surface area contributed by atoms with Crippen LogP contribution in [0.15, 0.2) is 33.3 Å². The topological polar surface area (TPSA) is 47.3 Å². The van der Waals surface area contributed by atoms with Crippen LogP contribution in [-0.4, -0.2) is 11.7 Å².